The quantitative estimate of drug-likeness (QED) is 0.393. The molecule has 0 saturated carbocycles. The van der Waals surface area contributed by atoms with Gasteiger partial charge in [-0.15, -0.1) is 0 Å². The maximum Gasteiger partial charge on any atom is 0.0698 e. The van der Waals surface area contributed by atoms with E-state index in [-0.39, 0.29) is 6.61 Å². The fraction of sp³-hybridized carbons (Fsp3) is 0.800. The van der Waals surface area contributed by atoms with Crippen molar-refractivity contribution in [2.75, 3.05) is 46.1 Å². The molecule has 84 valence electrons. The summed E-state index contributed by atoms with van der Waals surface area (Å²) in [5, 5.41) is 11.6. The van der Waals surface area contributed by atoms with Crippen LogP contribution in [0.4, 0.5) is 0 Å². The summed E-state index contributed by atoms with van der Waals surface area (Å²) in [7, 11) is 0. The first kappa shape index (κ1) is 13.6. The molecule has 0 saturated heterocycles. The number of nitrogens with one attached hydrogen (secondary N) is 1. The molecule has 0 radical (unpaired) electrons. The lowest BCUT2D eigenvalue weighted by molar-refractivity contribution is 0.0918. The van der Waals surface area contributed by atoms with Crippen LogP contribution in [0.1, 0.15) is 6.92 Å². The molecule has 0 fully saturated rings. The molecule has 0 amide bonds. The number of hydrogen-bond donors (Lipinski definition) is 2. The Hall–Kier alpha value is -0.420. The lowest BCUT2D eigenvalue weighted by Crippen LogP contribution is -2.24. The van der Waals surface area contributed by atoms with E-state index in [0.717, 1.165) is 18.7 Å². The highest BCUT2D eigenvalue weighted by molar-refractivity contribution is 4.87. The number of aliphatic hydroxyl groups is 1. The highest BCUT2D eigenvalue weighted by Gasteiger charge is 1.90. The highest BCUT2D eigenvalue weighted by Crippen LogP contribution is 1.86. The number of rotatable bonds is 10. The van der Waals surface area contributed by atoms with Crippen molar-refractivity contribution < 1.29 is 14.6 Å². The van der Waals surface area contributed by atoms with Gasteiger partial charge in [-0.2, -0.15) is 0 Å². The summed E-state index contributed by atoms with van der Waals surface area (Å²) in [5.74, 6) is 0. The van der Waals surface area contributed by atoms with Gasteiger partial charge in [-0.05, 0) is 6.92 Å². The van der Waals surface area contributed by atoms with Crippen LogP contribution in [0.25, 0.3) is 0 Å². The molecule has 0 spiro atoms. The van der Waals surface area contributed by atoms with Crippen molar-refractivity contribution in [3.8, 4) is 0 Å². The second-order valence-corrected chi connectivity index (χ2v) is 3.10. The summed E-state index contributed by atoms with van der Waals surface area (Å²) >= 11 is 0. The van der Waals surface area contributed by atoms with E-state index in [9.17, 15) is 0 Å². The van der Waals surface area contributed by atoms with Crippen LogP contribution in [0.15, 0.2) is 12.2 Å². The predicted molar refractivity (Wildman–Crippen MR) is 56.4 cm³/mol. The molecule has 2 N–H and O–H groups in total. The summed E-state index contributed by atoms with van der Waals surface area (Å²) in [6.07, 6.45) is 0. The van der Waals surface area contributed by atoms with Crippen LogP contribution >= 0.6 is 0 Å². The third-order valence-electron chi connectivity index (χ3n) is 1.43. The first-order valence-corrected chi connectivity index (χ1v) is 4.89. The third kappa shape index (κ3) is 11.6. The van der Waals surface area contributed by atoms with E-state index in [1.807, 2.05) is 6.92 Å². The maximum absolute atomic E-state index is 8.42. The smallest absolute Gasteiger partial charge is 0.0698 e. The van der Waals surface area contributed by atoms with Crippen molar-refractivity contribution in [3.05, 3.63) is 12.2 Å². The molecule has 4 heteroatoms. The molecule has 0 atom stereocenters. The van der Waals surface area contributed by atoms with E-state index in [1.165, 1.54) is 0 Å². The van der Waals surface area contributed by atoms with Crippen LogP contribution in [0.3, 0.4) is 0 Å². The average Bonchev–Trinajstić information content (AvgIpc) is 2.15. The third-order valence-corrected chi connectivity index (χ3v) is 1.43. The molecule has 0 aromatic rings. The Labute approximate surface area is 85.9 Å². The molecule has 0 bridgehead atoms. The SMILES string of the molecule is C=C(C)COCCNCCOCCO. The molecule has 0 aliphatic heterocycles. The van der Waals surface area contributed by atoms with Gasteiger partial charge in [-0.1, -0.05) is 12.2 Å². The van der Waals surface area contributed by atoms with E-state index in [0.29, 0.717) is 26.4 Å². The maximum atomic E-state index is 8.42. The lowest BCUT2D eigenvalue weighted by Gasteiger charge is -2.06. The lowest BCUT2D eigenvalue weighted by atomic mass is 10.4. The Bertz CT molecular complexity index is 139. The van der Waals surface area contributed by atoms with Crippen LogP contribution in [0.5, 0.6) is 0 Å². The van der Waals surface area contributed by atoms with Crippen molar-refractivity contribution >= 4 is 0 Å². The van der Waals surface area contributed by atoms with Crippen LogP contribution in [0.2, 0.25) is 0 Å². The molecule has 4 nitrogen and oxygen atoms in total. The fourth-order valence-electron chi connectivity index (χ4n) is 0.827. The zero-order valence-corrected chi connectivity index (χ0v) is 8.92. The standard InChI is InChI=1S/C10H21NO3/c1-10(2)9-14-7-4-11-3-6-13-8-5-12/h11-12H,1,3-9H2,2H3. The zero-order chi connectivity index (χ0) is 10.6. The average molecular weight is 203 g/mol. The van der Waals surface area contributed by atoms with Crippen LogP contribution in [0, 0.1) is 0 Å². The van der Waals surface area contributed by atoms with Crippen molar-refractivity contribution in [1.29, 1.82) is 0 Å². The molecule has 0 aliphatic carbocycles. The monoisotopic (exact) mass is 203 g/mol. The largest absolute Gasteiger partial charge is 0.394 e. The number of aliphatic hydroxyl groups excluding tert-OH is 1. The molecule has 0 heterocycles. The van der Waals surface area contributed by atoms with Gasteiger partial charge in [0.05, 0.1) is 33.0 Å². The van der Waals surface area contributed by atoms with Gasteiger partial charge < -0.3 is 19.9 Å². The topological polar surface area (TPSA) is 50.7 Å². The van der Waals surface area contributed by atoms with Crippen molar-refractivity contribution in [3.63, 3.8) is 0 Å². The molecule has 14 heavy (non-hydrogen) atoms. The summed E-state index contributed by atoms with van der Waals surface area (Å²) in [6.45, 7) is 9.71. The van der Waals surface area contributed by atoms with Gasteiger partial charge in [0.25, 0.3) is 0 Å². The molecule has 0 aliphatic rings. The minimum atomic E-state index is 0.0850. The Morgan fingerprint density at radius 1 is 1.21 bits per heavy atom. The Morgan fingerprint density at radius 3 is 2.43 bits per heavy atom. The van der Waals surface area contributed by atoms with Gasteiger partial charge in [0.1, 0.15) is 0 Å². The molecular formula is C10H21NO3. The van der Waals surface area contributed by atoms with Crippen LogP contribution < -0.4 is 5.32 Å². The second kappa shape index (κ2) is 10.7. The number of ether oxygens (including phenoxy) is 2. The highest BCUT2D eigenvalue weighted by atomic mass is 16.5. The van der Waals surface area contributed by atoms with Gasteiger partial charge in [-0.3, -0.25) is 0 Å². The van der Waals surface area contributed by atoms with Gasteiger partial charge in [-0.25, -0.2) is 0 Å². The Morgan fingerprint density at radius 2 is 1.86 bits per heavy atom. The summed E-state index contributed by atoms with van der Waals surface area (Å²) in [4.78, 5) is 0. The minimum absolute atomic E-state index is 0.0850. The van der Waals surface area contributed by atoms with E-state index < -0.39 is 0 Å². The Balaban J connectivity index is 2.88. The van der Waals surface area contributed by atoms with Crippen LogP contribution in [-0.4, -0.2) is 51.2 Å². The zero-order valence-electron chi connectivity index (χ0n) is 8.92. The van der Waals surface area contributed by atoms with E-state index in [1.54, 1.807) is 0 Å². The summed E-state index contributed by atoms with van der Waals surface area (Å²) < 4.78 is 10.3. The van der Waals surface area contributed by atoms with Crippen LogP contribution in [-0.2, 0) is 9.47 Å². The summed E-state index contributed by atoms with van der Waals surface area (Å²) in [6, 6.07) is 0. The minimum Gasteiger partial charge on any atom is -0.394 e. The number of hydrogen-bond acceptors (Lipinski definition) is 4. The van der Waals surface area contributed by atoms with Gasteiger partial charge in [0.15, 0.2) is 0 Å². The fourth-order valence-corrected chi connectivity index (χ4v) is 0.827. The molecule has 0 aromatic carbocycles. The van der Waals surface area contributed by atoms with Gasteiger partial charge in [0, 0.05) is 13.1 Å². The first-order chi connectivity index (χ1) is 6.77. The van der Waals surface area contributed by atoms with E-state index in [2.05, 4.69) is 11.9 Å². The van der Waals surface area contributed by atoms with Crippen molar-refractivity contribution in [2.24, 2.45) is 0 Å². The second-order valence-electron chi connectivity index (χ2n) is 3.10. The molecule has 0 aromatic heterocycles. The first-order valence-electron chi connectivity index (χ1n) is 4.89. The summed E-state index contributed by atoms with van der Waals surface area (Å²) in [5.41, 5.74) is 1.04. The molecular weight excluding hydrogens is 182 g/mol. The van der Waals surface area contributed by atoms with Crippen molar-refractivity contribution in [1.82, 2.24) is 5.32 Å². The van der Waals surface area contributed by atoms with E-state index in [4.69, 9.17) is 14.6 Å². The molecule has 0 unspecified atom stereocenters. The normalized spacial score (nSPS) is 10.4. The Kier molecular flexibility index (Phi) is 10.3. The van der Waals surface area contributed by atoms with E-state index >= 15 is 0 Å². The predicted octanol–water partition coefficient (Wildman–Crippen LogP) is 0.178. The van der Waals surface area contributed by atoms with Crippen molar-refractivity contribution in [2.45, 2.75) is 6.92 Å². The molecule has 0 rings (SSSR count). The van der Waals surface area contributed by atoms with Gasteiger partial charge >= 0.3 is 0 Å². The van der Waals surface area contributed by atoms with Gasteiger partial charge in [0.2, 0.25) is 0 Å².